The first-order valence-electron chi connectivity index (χ1n) is 6.25. The lowest BCUT2D eigenvalue weighted by Gasteiger charge is -2.10. The fourth-order valence-electron chi connectivity index (χ4n) is 2.13. The molecule has 0 saturated carbocycles. The molecule has 3 nitrogen and oxygen atoms in total. The molecule has 3 heteroatoms. The Kier molecular flexibility index (Phi) is 3.82. The van der Waals surface area contributed by atoms with Gasteiger partial charge in [0.2, 0.25) is 0 Å². The SMILES string of the molecule is Cc1noc(C)c1-c1cccc(CCN(C)C)c1. The Hall–Kier alpha value is -1.61. The molecule has 1 aromatic carbocycles. The molecule has 0 bridgehead atoms. The van der Waals surface area contributed by atoms with Gasteiger partial charge in [-0.15, -0.1) is 0 Å². The Labute approximate surface area is 108 Å². The Morgan fingerprint density at radius 2 is 2.00 bits per heavy atom. The molecular formula is C15H20N2O. The molecule has 2 aromatic rings. The number of hydrogen-bond acceptors (Lipinski definition) is 3. The van der Waals surface area contributed by atoms with Crippen molar-refractivity contribution in [2.45, 2.75) is 20.3 Å². The van der Waals surface area contributed by atoms with Gasteiger partial charge in [0, 0.05) is 12.1 Å². The van der Waals surface area contributed by atoms with E-state index in [0.717, 1.165) is 30.0 Å². The summed E-state index contributed by atoms with van der Waals surface area (Å²) in [5, 5.41) is 4.01. The Morgan fingerprint density at radius 1 is 1.22 bits per heavy atom. The first-order valence-corrected chi connectivity index (χ1v) is 6.25. The monoisotopic (exact) mass is 244 g/mol. The number of rotatable bonds is 4. The number of hydrogen-bond donors (Lipinski definition) is 0. The van der Waals surface area contributed by atoms with Gasteiger partial charge in [-0.25, -0.2) is 0 Å². The Morgan fingerprint density at radius 3 is 2.61 bits per heavy atom. The van der Waals surface area contributed by atoms with Crippen LogP contribution in [0.15, 0.2) is 28.8 Å². The van der Waals surface area contributed by atoms with Crippen molar-refractivity contribution in [2.24, 2.45) is 0 Å². The van der Waals surface area contributed by atoms with E-state index in [2.05, 4.69) is 48.4 Å². The second-order valence-corrected chi connectivity index (χ2v) is 4.95. The second kappa shape index (κ2) is 5.36. The molecule has 1 heterocycles. The Balaban J connectivity index is 2.27. The lowest BCUT2D eigenvalue weighted by atomic mass is 10.0. The minimum absolute atomic E-state index is 0.886. The fourth-order valence-corrected chi connectivity index (χ4v) is 2.13. The highest BCUT2D eigenvalue weighted by molar-refractivity contribution is 5.68. The van der Waals surface area contributed by atoms with Crippen LogP contribution in [0.3, 0.4) is 0 Å². The second-order valence-electron chi connectivity index (χ2n) is 4.95. The van der Waals surface area contributed by atoms with Crippen molar-refractivity contribution in [3.8, 4) is 11.1 Å². The van der Waals surface area contributed by atoms with E-state index in [1.54, 1.807) is 0 Å². The third kappa shape index (κ3) is 2.79. The van der Waals surface area contributed by atoms with Crippen LogP contribution in [0.4, 0.5) is 0 Å². The average Bonchev–Trinajstić information content (AvgIpc) is 2.67. The highest BCUT2D eigenvalue weighted by atomic mass is 16.5. The van der Waals surface area contributed by atoms with E-state index in [1.165, 1.54) is 11.1 Å². The van der Waals surface area contributed by atoms with Crippen molar-refractivity contribution in [3.63, 3.8) is 0 Å². The molecule has 0 aliphatic rings. The predicted molar refractivity (Wildman–Crippen MR) is 73.7 cm³/mol. The maximum absolute atomic E-state index is 5.23. The topological polar surface area (TPSA) is 29.3 Å². The summed E-state index contributed by atoms with van der Waals surface area (Å²) in [5.74, 6) is 0.886. The van der Waals surface area contributed by atoms with Gasteiger partial charge in [0.05, 0.1) is 5.69 Å². The molecule has 2 rings (SSSR count). The van der Waals surface area contributed by atoms with Crippen molar-refractivity contribution in [1.29, 1.82) is 0 Å². The number of nitrogens with zero attached hydrogens (tertiary/aromatic N) is 2. The number of benzene rings is 1. The van der Waals surface area contributed by atoms with Crippen LogP contribution in [0.2, 0.25) is 0 Å². The average molecular weight is 244 g/mol. The van der Waals surface area contributed by atoms with Crippen LogP contribution in [0.1, 0.15) is 17.0 Å². The van der Waals surface area contributed by atoms with Gasteiger partial charge in [-0.1, -0.05) is 29.4 Å². The molecule has 0 saturated heterocycles. The highest BCUT2D eigenvalue weighted by Crippen LogP contribution is 2.27. The van der Waals surface area contributed by atoms with Crippen LogP contribution in [0, 0.1) is 13.8 Å². The molecule has 0 aliphatic carbocycles. The quantitative estimate of drug-likeness (QED) is 0.827. The van der Waals surface area contributed by atoms with Gasteiger partial charge in [0.25, 0.3) is 0 Å². The molecule has 0 atom stereocenters. The van der Waals surface area contributed by atoms with Gasteiger partial charge < -0.3 is 9.42 Å². The van der Waals surface area contributed by atoms with E-state index in [9.17, 15) is 0 Å². The zero-order chi connectivity index (χ0) is 13.1. The van der Waals surface area contributed by atoms with Gasteiger partial charge in [-0.2, -0.15) is 0 Å². The molecule has 0 fully saturated rings. The van der Waals surface area contributed by atoms with Crippen LogP contribution < -0.4 is 0 Å². The molecule has 0 radical (unpaired) electrons. The maximum atomic E-state index is 5.23. The van der Waals surface area contributed by atoms with Crippen molar-refractivity contribution in [2.75, 3.05) is 20.6 Å². The van der Waals surface area contributed by atoms with Gasteiger partial charge in [-0.3, -0.25) is 0 Å². The minimum atomic E-state index is 0.886. The van der Waals surface area contributed by atoms with E-state index in [-0.39, 0.29) is 0 Å². The highest BCUT2D eigenvalue weighted by Gasteiger charge is 2.11. The standard InChI is InChI=1S/C15H20N2O/c1-11-15(12(2)18-16-11)14-7-5-6-13(10-14)8-9-17(3)4/h5-7,10H,8-9H2,1-4H3. The zero-order valence-corrected chi connectivity index (χ0v) is 11.5. The van der Waals surface area contributed by atoms with Gasteiger partial charge in [0.1, 0.15) is 5.76 Å². The van der Waals surface area contributed by atoms with E-state index in [1.807, 2.05) is 13.8 Å². The molecule has 0 amide bonds. The predicted octanol–water partition coefficient (Wildman–Crippen LogP) is 3.06. The summed E-state index contributed by atoms with van der Waals surface area (Å²) in [6.07, 6.45) is 1.06. The normalized spacial score (nSPS) is 11.2. The lowest BCUT2D eigenvalue weighted by Crippen LogP contribution is -2.14. The molecule has 1 aromatic heterocycles. The van der Waals surface area contributed by atoms with Crippen molar-refractivity contribution < 1.29 is 4.52 Å². The molecule has 0 spiro atoms. The first-order chi connectivity index (χ1) is 8.58. The van der Waals surface area contributed by atoms with Gasteiger partial charge in [-0.05, 0) is 45.5 Å². The van der Waals surface area contributed by atoms with Crippen LogP contribution in [0.5, 0.6) is 0 Å². The van der Waals surface area contributed by atoms with Crippen molar-refractivity contribution in [1.82, 2.24) is 10.1 Å². The van der Waals surface area contributed by atoms with E-state index >= 15 is 0 Å². The lowest BCUT2D eigenvalue weighted by molar-refractivity contribution is 0.393. The number of aryl methyl sites for hydroxylation is 2. The van der Waals surface area contributed by atoms with Crippen LogP contribution in [-0.4, -0.2) is 30.7 Å². The summed E-state index contributed by atoms with van der Waals surface area (Å²) in [7, 11) is 4.19. The molecule has 96 valence electrons. The largest absolute Gasteiger partial charge is 0.361 e. The van der Waals surface area contributed by atoms with Crippen LogP contribution in [0.25, 0.3) is 11.1 Å². The molecule has 18 heavy (non-hydrogen) atoms. The molecule has 0 unspecified atom stereocenters. The van der Waals surface area contributed by atoms with Gasteiger partial charge in [0.15, 0.2) is 0 Å². The summed E-state index contributed by atoms with van der Waals surface area (Å²) >= 11 is 0. The van der Waals surface area contributed by atoms with Crippen LogP contribution in [-0.2, 0) is 6.42 Å². The van der Waals surface area contributed by atoms with Crippen molar-refractivity contribution in [3.05, 3.63) is 41.3 Å². The van der Waals surface area contributed by atoms with E-state index in [4.69, 9.17) is 4.52 Å². The third-order valence-corrected chi connectivity index (χ3v) is 3.10. The molecular weight excluding hydrogens is 224 g/mol. The minimum Gasteiger partial charge on any atom is -0.361 e. The molecule has 0 N–H and O–H groups in total. The van der Waals surface area contributed by atoms with E-state index in [0.29, 0.717) is 0 Å². The smallest absolute Gasteiger partial charge is 0.141 e. The van der Waals surface area contributed by atoms with Crippen molar-refractivity contribution >= 4 is 0 Å². The zero-order valence-electron chi connectivity index (χ0n) is 11.5. The number of likely N-dealkylation sites (N-methyl/N-ethyl adjacent to an activating group) is 1. The summed E-state index contributed by atoms with van der Waals surface area (Å²) in [6.45, 7) is 5.01. The first kappa shape index (κ1) is 12.8. The Bertz CT molecular complexity index is 510. The fraction of sp³-hybridized carbons (Fsp3) is 0.400. The summed E-state index contributed by atoms with van der Waals surface area (Å²) < 4.78 is 5.23. The number of aromatic nitrogens is 1. The molecule has 0 aliphatic heterocycles. The van der Waals surface area contributed by atoms with Gasteiger partial charge >= 0.3 is 0 Å². The van der Waals surface area contributed by atoms with Crippen LogP contribution >= 0.6 is 0 Å². The maximum Gasteiger partial charge on any atom is 0.141 e. The third-order valence-electron chi connectivity index (χ3n) is 3.10. The summed E-state index contributed by atoms with van der Waals surface area (Å²) in [5.41, 5.74) is 4.63. The summed E-state index contributed by atoms with van der Waals surface area (Å²) in [4.78, 5) is 2.20. The summed E-state index contributed by atoms with van der Waals surface area (Å²) in [6, 6.07) is 8.62. The van der Waals surface area contributed by atoms with E-state index < -0.39 is 0 Å².